The van der Waals surface area contributed by atoms with Gasteiger partial charge in [0.25, 0.3) is 0 Å². The Balaban J connectivity index is 2.04. The zero-order chi connectivity index (χ0) is 11.7. The zero-order valence-corrected chi connectivity index (χ0v) is 12.8. The van der Waals surface area contributed by atoms with Crippen LogP contribution in [0.1, 0.15) is 0 Å². The van der Waals surface area contributed by atoms with Crippen LogP contribution in [0.25, 0.3) is 11.0 Å². The summed E-state index contributed by atoms with van der Waals surface area (Å²) in [5.74, 6) is 0. The molecular formula is C14H9IOSe. The van der Waals surface area contributed by atoms with Gasteiger partial charge in [0.05, 0.1) is 0 Å². The molecule has 0 atom stereocenters. The van der Waals surface area contributed by atoms with Gasteiger partial charge in [-0.15, -0.1) is 0 Å². The van der Waals surface area contributed by atoms with Crippen LogP contribution in [0.5, 0.6) is 0 Å². The molecule has 1 nitrogen and oxygen atoms in total. The van der Waals surface area contributed by atoms with Crippen LogP contribution >= 0.6 is 22.6 Å². The van der Waals surface area contributed by atoms with Crippen LogP contribution in [-0.2, 0) is 0 Å². The summed E-state index contributed by atoms with van der Waals surface area (Å²) < 4.78 is 9.64. The van der Waals surface area contributed by atoms with Crippen molar-refractivity contribution in [1.82, 2.24) is 0 Å². The summed E-state index contributed by atoms with van der Waals surface area (Å²) in [6.45, 7) is 0. The fraction of sp³-hybridized carbons (Fsp3) is 0. The summed E-state index contributed by atoms with van der Waals surface area (Å²) in [6, 6.07) is 18.7. The maximum atomic E-state index is 5.92. The number of para-hydroxylation sites is 1. The van der Waals surface area contributed by atoms with E-state index in [1.807, 2.05) is 18.2 Å². The summed E-state index contributed by atoms with van der Waals surface area (Å²) in [5.41, 5.74) is 0.990. The Labute approximate surface area is 120 Å². The fourth-order valence-electron chi connectivity index (χ4n) is 1.65. The first-order chi connectivity index (χ1) is 8.34. The Morgan fingerprint density at radius 1 is 0.882 bits per heavy atom. The first-order valence-corrected chi connectivity index (χ1v) is 8.04. The van der Waals surface area contributed by atoms with Gasteiger partial charge in [-0.25, -0.2) is 0 Å². The van der Waals surface area contributed by atoms with E-state index < -0.39 is 0 Å². The molecule has 2 aromatic carbocycles. The van der Waals surface area contributed by atoms with Gasteiger partial charge in [0.1, 0.15) is 0 Å². The number of rotatable bonds is 2. The van der Waals surface area contributed by atoms with Crippen molar-refractivity contribution in [3.63, 3.8) is 0 Å². The number of hydrogen-bond donors (Lipinski definition) is 0. The van der Waals surface area contributed by atoms with Gasteiger partial charge >= 0.3 is 120 Å². The van der Waals surface area contributed by atoms with Crippen molar-refractivity contribution in [2.75, 3.05) is 0 Å². The molecule has 0 aliphatic heterocycles. The van der Waals surface area contributed by atoms with E-state index in [2.05, 4.69) is 59.0 Å². The Kier molecular flexibility index (Phi) is 3.23. The van der Waals surface area contributed by atoms with Gasteiger partial charge in [0.15, 0.2) is 0 Å². The summed E-state index contributed by atoms with van der Waals surface area (Å²) >= 11 is 2.63. The van der Waals surface area contributed by atoms with Gasteiger partial charge in [0, 0.05) is 0 Å². The van der Waals surface area contributed by atoms with E-state index in [-0.39, 0.29) is 15.0 Å². The van der Waals surface area contributed by atoms with Gasteiger partial charge in [-0.2, -0.15) is 0 Å². The Hall–Kier alpha value is -0.771. The standard InChI is InChI=1S/C14H9IOSe/c15-13-11-8-4-5-9-12(11)16-14(13)17-10-6-2-1-3-7-10/h1-9H. The molecule has 0 aliphatic carbocycles. The third kappa shape index (κ3) is 2.27. The topological polar surface area (TPSA) is 13.1 Å². The number of fused-ring (bicyclic) bond motifs is 1. The van der Waals surface area contributed by atoms with Crippen LogP contribution in [0.4, 0.5) is 0 Å². The van der Waals surface area contributed by atoms with E-state index in [0.717, 1.165) is 10.2 Å². The minimum absolute atomic E-state index is 0.247. The Morgan fingerprint density at radius 2 is 1.59 bits per heavy atom. The van der Waals surface area contributed by atoms with Crippen molar-refractivity contribution in [2.24, 2.45) is 0 Å². The van der Waals surface area contributed by atoms with Crippen molar-refractivity contribution >= 4 is 57.6 Å². The van der Waals surface area contributed by atoms with Crippen LogP contribution in [0.2, 0.25) is 0 Å². The van der Waals surface area contributed by atoms with Crippen molar-refractivity contribution < 1.29 is 4.42 Å². The van der Waals surface area contributed by atoms with Crippen LogP contribution in [0.3, 0.4) is 0 Å². The Bertz CT molecular complexity index is 646. The molecular weight excluding hydrogens is 390 g/mol. The molecule has 3 rings (SSSR count). The number of benzene rings is 2. The molecule has 0 saturated heterocycles. The third-order valence-corrected chi connectivity index (χ3v) is 6.41. The van der Waals surface area contributed by atoms with Crippen molar-refractivity contribution in [3.8, 4) is 0 Å². The van der Waals surface area contributed by atoms with Crippen LogP contribution in [0, 0.1) is 3.57 Å². The summed E-state index contributed by atoms with van der Waals surface area (Å²) in [6.07, 6.45) is 0. The summed E-state index contributed by atoms with van der Waals surface area (Å²) in [4.78, 5) is 0. The molecule has 1 aromatic heterocycles. The molecule has 0 radical (unpaired) electrons. The molecule has 0 amide bonds. The molecule has 0 fully saturated rings. The van der Waals surface area contributed by atoms with Crippen LogP contribution < -0.4 is 9.12 Å². The summed E-state index contributed by atoms with van der Waals surface area (Å²) in [7, 11) is 0. The van der Waals surface area contributed by atoms with E-state index in [4.69, 9.17) is 4.42 Å². The monoisotopic (exact) mass is 400 g/mol. The van der Waals surface area contributed by atoms with Gasteiger partial charge in [-0.05, 0) is 0 Å². The van der Waals surface area contributed by atoms with Gasteiger partial charge < -0.3 is 0 Å². The Morgan fingerprint density at radius 3 is 2.35 bits per heavy atom. The molecule has 0 unspecified atom stereocenters. The fourth-order valence-corrected chi connectivity index (χ4v) is 4.54. The zero-order valence-electron chi connectivity index (χ0n) is 8.89. The second-order valence-electron chi connectivity index (χ2n) is 3.61. The normalized spacial score (nSPS) is 10.9. The molecule has 3 heteroatoms. The predicted octanol–water partition coefficient (Wildman–Crippen LogP) is 2.69. The van der Waals surface area contributed by atoms with E-state index in [0.29, 0.717) is 0 Å². The van der Waals surface area contributed by atoms with Crippen molar-refractivity contribution in [1.29, 1.82) is 0 Å². The molecule has 17 heavy (non-hydrogen) atoms. The van der Waals surface area contributed by atoms with Crippen molar-refractivity contribution in [2.45, 2.75) is 0 Å². The average molecular weight is 399 g/mol. The molecule has 0 N–H and O–H groups in total. The molecule has 0 aliphatic rings. The number of furan rings is 1. The first kappa shape index (κ1) is 11.3. The van der Waals surface area contributed by atoms with Crippen LogP contribution in [0.15, 0.2) is 59.0 Å². The molecule has 0 bridgehead atoms. The number of halogens is 1. The summed E-state index contributed by atoms with van der Waals surface area (Å²) in [5, 5.41) is 1.22. The quantitative estimate of drug-likeness (QED) is 0.477. The second kappa shape index (κ2) is 4.84. The predicted molar refractivity (Wildman–Crippen MR) is 80.4 cm³/mol. The van der Waals surface area contributed by atoms with Crippen molar-refractivity contribution in [3.05, 3.63) is 58.2 Å². The molecule has 3 aromatic rings. The molecule has 1 heterocycles. The maximum absolute atomic E-state index is 5.92. The molecule has 0 spiro atoms. The molecule has 0 saturated carbocycles. The second-order valence-corrected chi connectivity index (χ2v) is 6.89. The van der Waals surface area contributed by atoms with E-state index in [1.54, 1.807) is 0 Å². The van der Waals surface area contributed by atoms with Crippen LogP contribution in [-0.4, -0.2) is 15.0 Å². The number of hydrogen-bond acceptors (Lipinski definition) is 1. The third-order valence-electron chi connectivity index (χ3n) is 2.46. The SMILES string of the molecule is Ic1c([Se]c2ccccc2)oc2ccccc12. The average Bonchev–Trinajstić information content (AvgIpc) is 2.68. The van der Waals surface area contributed by atoms with E-state index >= 15 is 0 Å². The first-order valence-electron chi connectivity index (χ1n) is 5.24. The van der Waals surface area contributed by atoms with E-state index in [9.17, 15) is 0 Å². The van der Waals surface area contributed by atoms with Gasteiger partial charge in [0.2, 0.25) is 0 Å². The van der Waals surface area contributed by atoms with Gasteiger partial charge in [-0.1, -0.05) is 0 Å². The molecule has 84 valence electrons. The van der Waals surface area contributed by atoms with E-state index in [1.165, 1.54) is 13.4 Å². The minimum atomic E-state index is 0.247. The van der Waals surface area contributed by atoms with Gasteiger partial charge in [-0.3, -0.25) is 0 Å².